The van der Waals surface area contributed by atoms with Crippen LogP contribution in [-0.4, -0.2) is 48.9 Å². The van der Waals surface area contributed by atoms with Crippen LogP contribution in [0.15, 0.2) is 0 Å². The molecule has 1 saturated carbocycles. The zero-order chi connectivity index (χ0) is 15.3. The number of rotatable bonds is 4. The Morgan fingerprint density at radius 1 is 1.14 bits per heavy atom. The fraction of sp³-hybridized carbons (Fsp3) is 0.875. The fourth-order valence-electron chi connectivity index (χ4n) is 3.82. The summed E-state index contributed by atoms with van der Waals surface area (Å²) >= 11 is 0. The predicted molar refractivity (Wildman–Crippen MR) is 82.9 cm³/mol. The molecule has 5 nitrogen and oxygen atoms in total. The normalized spacial score (nSPS) is 22.9. The topological polar surface area (TPSA) is 61.4 Å². The van der Waals surface area contributed by atoms with Crippen molar-refractivity contribution >= 4 is 11.8 Å². The summed E-state index contributed by atoms with van der Waals surface area (Å²) in [5, 5.41) is 6.20. The molecule has 1 aliphatic heterocycles. The summed E-state index contributed by atoms with van der Waals surface area (Å²) in [6.45, 7) is 4.20. The molecule has 2 fully saturated rings. The van der Waals surface area contributed by atoms with Gasteiger partial charge in [-0.05, 0) is 45.2 Å². The number of likely N-dealkylation sites (tertiary alicyclic amines) is 1. The lowest BCUT2D eigenvalue weighted by atomic mass is 9.79. The SMILES string of the molecule is CNCC1CCN(C(=O)C2(NC(C)=O)CCCCC2)CC1. The minimum atomic E-state index is -0.625. The highest BCUT2D eigenvalue weighted by Gasteiger charge is 2.43. The smallest absolute Gasteiger partial charge is 0.248 e. The van der Waals surface area contributed by atoms with E-state index in [0.717, 1.165) is 58.2 Å². The predicted octanol–water partition coefficient (Wildman–Crippen LogP) is 1.28. The Morgan fingerprint density at radius 3 is 2.29 bits per heavy atom. The molecule has 0 unspecified atom stereocenters. The molecule has 0 radical (unpaired) electrons. The van der Waals surface area contributed by atoms with Crippen molar-refractivity contribution in [3.8, 4) is 0 Å². The number of amides is 2. The molecule has 2 rings (SSSR count). The summed E-state index contributed by atoms with van der Waals surface area (Å²) in [7, 11) is 1.98. The summed E-state index contributed by atoms with van der Waals surface area (Å²) in [6.07, 6.45) is 6.93. The van der Waals surface area contributed by atoms with Gasteiger partial charge in [0.25, 0.3) is 0 Å². The molecule has 1 heterocycles. The maximum atomic E-state index is 13.0. The molecule has 0 atom stereocenters. The summed E-state index contributed by atoms with van der Waals surface area (Å²) < 4.78 is 0. The lowest BCUT2D eigenvalue weighted by Gasteiger charge is -2.42. The van der Waals surface area contributed by atoms with Gasteiger partial charge in [-0.3, -0.25) is 9.59 Å². The van der Waals surface area contributed by atoms with Gasteiger partial charge in [0, 0.05) is 20.0 Å². The molecule has 2 N–H and O–H groups in total. The van der Waals surface area contributed by atoms with Crippen LogP contribution in [0, 0.1) is 5.92 Å². The van der Waals surface area contributed by atoms with Crippen LogP contribution in [0.2, 0.25) is 0 Å². The van der Waals surface area contributed by atoms with Crippen molar-refractivity contribution in [2.75, 3.05) is 26.7 Å². The van der Waals surface area contributed by atoms with Gasteiger partial charge in [0.15, 0.2) is 0 Å². The van der Waals surface area contributed by atoms with E-state index < -0.39 is 5.54 Å². The maximum Gasteiger partial charge on any atom is 0.248 e. The quantitative estimate of drug-likeness (QED) is 0.821. The molecule has 2 aliphatic rings. The molecule has 0 bridgehead atoms. The van der Waals surface area contributed by atoms with E-state index in [9.17, 15) is 9.59 Å². The van der Waals surface area contributed by atoms with Crippen molar-refractivity contribution in [1.82, 2.24) is 15.5 Å². The number of carbonyl (C=O) groups is 2. The van der Waals surface area contributed by atoms with E-state index in [4.69, 9.17) is 0 Å². The Morgan fingerprint density at radius 2 is 1.76 bits per heavy atom. The Kier molecular flexibility index (Phi) is 5.62. The van der Waals surface area contributed by atoms with Crippen LogP contribution in [-0.2, 0) is 9.59 Å². The van der Waals surface area contributed by atoms with Crippen molar-refractivity contribution < 1.29 is 9.59 Å². The molecule has 0 aromatic heterocycles. The van der Waals surface area contributed by atoms with Gasteiger partial charge in [-0.2, -0.15) is 0 Å². The van der Waals surface area contributed by atoms with Gasteiger partial charge in [-0.15, -0.1) is 0 Å². The van der Waals surface area contributed by atoms with E-state index in [-0.39, 0.29) is 11.8 Å². The first-order chi connectivity index (χ1) is 10.1. The van der Waals surface area contributed by atoms with Gasteiger partial charge in [0.1, 0.15) is 5.54 Å². The van der Waals surface area contributed by atoms with Crippen LogP contribution >= 0.6 is 0 Å². The van der Waals surface area contributed by atoms with Crippen molar-refractivity contribution in [2.24, 2.45) is 5.92 Å². The maximum absolute atomic E-state index is 13.0. The van der Waals surface area contributed by atoms with Gasteiger partial charge in [0.05, 0.1) is 0 Å². The van der Waals surface area contributed by atoms with Crippen LogP contribution in [0.5, 0.6) is 0 Å². The first kappa shape index (κ1) is 16.3. The lowest BCUT2D eigenvalue weighted by molar-refractivity contribution is -0.144. The average molecular weight is 295 g/mol. The monoisotopic (exact) mass is 295 g/mol. The van der Waals surface area contributed by atoms with Crippen LogP contribution in [0.25, 0.3) is 0 Å². The van der Waals surface area contributed by atoms with Crippen LogP contribution in [0.1, 0.15) is 51.9 Å². The largest absolute Gasteiger partial charge is 0.342 e. The van der Waals surface area contributed by atoms with E-state index >= 15 is 0 Å². The highest BCUT2D eigenvalue weighted by atomic mass is 16.2. The third-order valence-corrected chi connectivity index (χ3v) is 4.93. The summed E-state index contributed by atoms with van der Waals surface area (Å²) in [5.41, 5.74) is -0.625. The third-order valence-electron chi connectivity index (χ3n) is 4.93. The zero-order valence-electron chi connectivity index (χ0n) is 13.4. The molecule has 120 valence electrons. The second kappa shape index (κ2) is 7.25. The Bertz CT molecular complexity index is 370. The first-order valence-electron chi connectivity index (χ1n) is 8.30. The van der Waals surface area contributed by atoms with Gasteiger partial charge < -0.3 is 15.5 Å². The molecular weight excluding hydrogens is 266 g/mol. The van der Waals surface area contributed by atoms with Crippen molar-refractivity contribution in [2.45, 2.75) is 57.4 Å². The number of piperidine rings is 1. The molecule has 21 heavy (non-hydrogen) atoms. The van der Waals surface area contributed by atoms with Gasteiger partial charge in [-0.25, -0.2) is 0 Å². The van der Waals surface area contributed by atoms with Crippen molar-refractivity contribution in [1.29, 1.82) is 0 Å². The average Bonchev–Trinajstić information content (AvgIpc) is 2.48. The molecule has 0 spiro atoms. The minimum Gasteiger partial charge on any atom is -0.342 e. The molecular formula is C16H29N3O2. The molecule has 5 heteroatoms. The van der Waals surface area contributed by atoms with E-state index in [0.29, 0.717) is 5.92 Å². The minimum absolute atomic E-state index is 0.0877. The lowest BCUT2D eigenvalue weighted by Crippen LogP contribution is -2.61. The highest BCUT2D eigenvalue weighted by molar-refractivity contribution is 5.91. The van der Waals surface area contributed by atoms with E-state index in [2.05, 4.69) is 10.6 Å². The number of carbonyl (C=O) groups excluding carboxylic acids is 2. The Balaban J connectivity index is 2.00. The van der Waals surface area contributed by atoms with E-state index in [1.807, 2.05) is 11.9 Å². The van der Waals surface area contributed by atoms with Crippen LogP contribution in [0.4, 0.5) is 0 Å². The highest BCUT2D eigenvalue weighted by Crippen LogP contribution is 2.31. The van der Waals surface area contributed by atoms with Gasteiger partial charge >= 0.3 is 0 Å². The standard InChI is InChI=1S/C16H29N3O2/c1-13(20)18-16(8-4-3-5-9-16)15(21)19-10-6-14(7-11-19)12-17-2/h14,17H,3-12H2,1-2H3,(H,18,20). The van der Waals surface area contributed by atoms with Gasteiger partial charge in [0.2, 0.25) is 11.8 Å². The first-order valence-corrected chi connectivity index (χ1v) is 8.30. The van der Waals surface area contributed by atoms with Crippen molar-refractivity contribution in [3.63, 3.8) is 0 Å². The third kappa shape index (κ3) is 3.96. The molecule has 1 aliphatic carbocycles. The fourth-order valence-corrected chi connectivity index (χ4v) is 3.82. The Labute approximate surface area is 127 Å². The number of nitrogens with one attached hydrogen (secondary N) is 2. The van der Waals surface area contributed by atoms with Crippen LogP contribution < -0.4 is 10.6 Å². The van der Waals surface area contributed by atoms with E-state index in [1.54, 1.807) is 0 Å². The molecule has 0 aromatic carbocycles. The van der Waals surface area contributed by atoms with Gasteiger partial charge in [-0.1, -0.05) is 19.3 Å². The second-order valence-corrected chi connectivity index (χ2v) is 6.62. The number of hydrogen-bond acceptors (Lipinski definition) is 3. The zero-order valence-corrected chi connectivity index (χ0v) is 13.4. The number of hydrogen-bond donors (Lipinski definition) is 2. The van der Waals surface area contributed by atoms with Crippen molar-refractivity contribution in [3.05, 3.63) is 0 Å². The number of nitrogens with zero attached hydrogens (tertiary/aromatic N) is 1. The summed E-state index contributed by atoms with van der Waals surface area (Å²) in [4.78, 5) is 26.5. The second-order valence-electron chi connectivity index (χ2n) is 6.62. The van der Waals surface area contributed by atoms with Crippen LogP contribution in [0.3, 0.4) is 0 Å². The molecule has 0 aromatic rings. The molecule has 2 amide bonds. The Hall–Kier alpha value is -1.10. The summed E-state index contributed by atoms with van der Waals surface area (Å²) in [5.74, 6) is 0.734. The molecule has 1 saturated heterocycles. The summed E-state index contributed by atoms with van der Waals surface area (Å²) in [6, 6.07) is 0. The van der Waals surface area contributed by atoms with E-state index in [1.165, 1.54) is 13.3 Å².